The standard InChI is InChI=1S/C55H55N/c1-54(2)50-19-11-9-18-48(50)53-49(42-15-7-4-8-16-42)32-46(33-51(53)54)56(45-27-25-44(26-28-45)55-34-37-29-38(35-55)31-39(30-37)36-55)52-20-12-10-17-47(52)43-23-21-41(22-24-43)40-13-5-3-6-14-40/h4,7-12,15-28,32-33,37-40H,3,5-6,13-14,29-31,34-36H2,1-2H3. The summed E-state index contributed by atoms with van der Waals surface area (Å²) < 4.78 is 0. The van der Waals surface area contributed by atoms with Gasteiger partial charge in [-0.05, 0) is 161 Å². The minimum Gasteiger partial charge on any atom is -0.310 e. The molecule has 6 aliphatic carbocycles. The summed E-state index contributed by atoms with van der Waals surface area (Å²) in [6.45, 7) is 4.84. The highest BCUT2D eigenvalue weighted by atomic mass is 15.1. The van der Waals surface area contributed by atoms with E-state index in [2.05, 4.69) is 158 Å². The molecule has 0 atom stereocenters. The Morgan fingerprint density at radius 1 is 0.500 bits per heavy atom. The zero-order valence-electron chi connectivity index (χ0n) is 33.3. The van der Waals surface area contributed by atoms with Crippen LogP contribution in [-0.4, -0.2) is 0 Å². The van der Waals surface area contributed by atoms with Gasteiger partial charge in [0.2, 0.25) is 0 Å². The van der Waals surface area contributed by atoms with Crippen LogP contribution in [0.4, 0.5) is 17.1 Å². The molecule has 0 saturated heterocycles. The molecule has 5 saturated carbocycles. The van der Waals surface area contributed by atoms with Crippen molar-refractivity contribution in [1.29, 1.82) is 0 Å². The van der Waals surface area contributed by atoms with Gasteiger partial charge in [0.25, 0.3) is 0 Å². The summed E-state index contributed by atoms with van der Waals surface area (Å²) >= 11 is 0. The molecule has 4 bridgehead atoms. The second kappa shape index (κ2) is 13.4. The van der Waals surface area contributed by atoms with Crippen molar-refractivity contribution in [3.8, 4) is 33.4 Å². The SMILES string of the molecule is CC1(C)c2ccccc2-c2c(-c3ccccc3)cc(N(c3ccc(C45CC6CC(CC(C6)C4)C5)cc3)c3ccccc3-c3ccc(C4CCCCC4)cc3)cc21. The highest BCUT2D eigenvalue weighted by molar-refractivity contribution is 5.97. The first-order chi connectivity index (χ1) is 27.4. The van der Waals surface area contributed by atoms with Crippen molar-refractivity contribution in [1.82, 2.24) is 0 Å². The van der Waals surface area contributed by atoms with Gasteiger partial charge in [0.05, 0.1) is 5.69 Å². The van der Waals surface area contributed by atoms with Crippen molar-refractivity contribution >= 4 is 17.1 Å². The third-order valence-electron chi connectivity index (χ3n) is 15.2. The normalized spacial score (nSPS) is 24.5. The predicted molar refractivity (Wildman–Crippen MR) is 235 cm³/mol. The fourth-order valence-electron chi connectivity index (χ4n) is 12.9. The topological polar surface area (TPSA) is 3.24 Å². The van der Waals surface area contributed by atoms with E-state index in [0.717, 1.165) is 17.8 Å². The van der Waals surface area contributed by atoms with Crippen LogP contribution < -0.4 is 4.90 Å². The maximum atomic E-state index is 2.58. The number of benzene rings is 6. The van der Waals surface area contributed by atoms with E-state index in [-0.39, 0.29) is 5.41 Å². The van der Waals surface area contributed by atoms with E-state index in [1.54, 1.807) is 5.56 Å². The fourth-order valence-corrected chi connectivity index (χ4v) is 12.9. The molecule has 1 nitrogen and oxygen atoms in total. The molecule has 0 unspecified atom stereocenters. The van der Waals surface area contributed by atoms with Gasteiger partial charge >= 0.3 is 0 Å². The van der Waals surface area contributed by atoms with E-state index in [1.165, 1.54) is 138 Å². The van der Waals surface area contributed by atoms with Crippen molar-refractivity contribution in [3.63, 3.8) is 0 Å². The molecule has 5 fully saturated rings. The molecule has 56 heavy (non-hydrogen) atoms. The predicted octanol–water partition coefficient (Wildman–Crippen LogP) is 15.3. The van der Waals surface area contributed by atoms with E-state index in [4.69, 9.17) is 0 Å². The molecule has 6 aromatic carbocycles. The Kier molecular flexibility index (Phi) is 8.20. The van der Waals surface area contributed by atoms with Gasteiger partial charge in [0.1, 0.15) is 0 Å². The van der Waals surface area contributed by atoms with E-state index in [1.807, 2.05) is 0 Å². The number of rotatable bonds is 7. The van der Waals surface area contributed by atoms with Crippen LogP contribution in [0.3, 0.4) is 0 Å². The van der Waals surface area contributed by atoms with Crippen LogP contribution in [0.15, 0.2) is 140 Å². The summed E-state index contributed by atoms with van der Waals surface area (Å²) in [6, 6.07) is 54.0. The first-order valence-corrected chi connectivity index (χ1v) is 21.9. The molecule has 0 aromatic heterocycles. The van der Waals surface area contributed by atoms with Gasteiger partial charge < -0.3 is 4.90 Å². The summed E-state index contributed by atoms with van der Waals surface area (Å²) in [5.74, 6) is 3.50. The lowest BCUT2D eigenvalue weighted by Gasteiger charge is -2.57. The largest absolute Gasteiger partial charge is 0.310 e. The summed E-state index contributed by atoms with van der Waals surface area (Å²) in [7, 11) is 0. The van der Waals surface area contributed by atoms with Gasteiger partial charge in [0, 0.05) is 22.4 Å². The lowest BCUT2D eigenvalue weighted by atomic mass is 9.48. The molecule has 0 radical (unpaired) electrons. The van der Waals surface area contributed by atoms with Gasteiger partial charge in [-0.2, -0.15) is 0 Å². The Morgan fingerprint density at radius 3 is 1.80 bits per heavy atom. The molecule has 0 N–H and O–H groups in total. The zero-order valence-corrected chi connectivity index (χ0v) is 33.3. The molecular formula is C55H55N. The minimum absolute atomic E-state index is 0.131. The van der Waals surface area contributed by atoms with Gasteiger partial charge in [-0.1, -0.05) is 142 Å². The Labute approximate surface area is 334 Å². The molecule has 6 aromatic rings. The van der Waals surface area contributed by atoms with E-state index in [0.29, 0.717) is 11.3 Å². The first kappa shape index (κ1) is 34.4. The highest BCUT2D eigenvalue weighted by Gasteiger charge is 2.51. The lowest BCUT2D eigenvalue weighted by Crippen LogP contribution is -2.48. The van der Waals surface area contributed by atoms with Crippen LogP contribution in [0.1, 0.15) is 113 Å². The van der Waals surface area contributed by atoms with Crippen LogP contribution in [-0.2, 0) is 10.8 Å². The zero-order chi connectivity index (χ0) is 37.4. The summed E-state index contributed by atoms with van der Waals surface area (Å²) in [5, 5.41) is 0. The fraction of sp³-hybridized carbons (Fsp3) is 0.345. The van der Waals surface area contributed by atoms with Crippen LogP contribution in [0, 0.1) is 17.8 Å². The third kappa shape index (κ3) is 5.63. The molecular weight excluding hydrogens is 675 g/mol. The van der Waals surface area contributed by atoms with E-state index >= 15 is 0 Å². The van der Waals surface area contributed by atoms with Crippen LogP contribution in [0.2, 0.25) is 0 Å². The Bertz CT molecular complexity index is 2360. The maximum Gasteiger partial charge on any atom is 0.0540 e. The van der Waals surface area contributed by atoms with Crippen molar-refractivity contribution in [2.75, 3.05) is 4.90 Å². The van der Waals surface area contributed by atoms with Gasteiger partial charge in [0.15, 0.2) is 0 Å². The maximum absolute atomic E-state index is 2.58. The molecule has 0 aliphatic heterocycles. The number of nitrogens with zero attached hydrogens (tertiary/aromatic N) is 1. The monoisotopic (exact) mass is 729 g/mol. The van der Waals surface area contributed by atoms with E-state index in [9.17, 15) is 0 Å². The molecule has 0 heterocycles. The Morgan fingerprint density at radius 2 is 1.11 bits per heavy atom. The Hall–Kier alpha value is -4.88. The number of fused-ring (bicyclic) bond motifs is 3. The minimum atomic E-state index is -0.131. The van der Waals surface area contributed by atoms with Gasteiger partial charge in [-0.3, -0.25) is 0 Å². The molecule has 280 valence electrons. The van der Waals surface area contributed by atoms with Gasteiger partial charge in [-0.25, -0.2) is 0 Å². The highest BCUT2D eigenvalue weighted by Crippen LogP contribution is 2.61. The van der Waals surface area contributed by atoms with Crippen LogP contribution in [0.25, 0.3) is 33.4 Å². The molecule has 6 aliphatic rings. The van der Waals surface area contributed by atoms with Crippen molar-refractivity contribution < 1.29 is 0 Å². The number of hydrogen-bond donors (Lipinski definition) is 0. The van der Waals surface area contributed by atoms with Crippen molar-refractivity contribution in [2.24, 2.45) is 17.8 Å². The van der Waals surface area contributed by atoms with Crippen molar-refractivity contribution in [3.05, 3.63) is 162 Å². The van der Waals surface area contributed by atoms with Gasteiger partial charge in [-0.15, -0.1) is 0 Å². The summed E-state index contributed by atoms with van der Waals surface area (Å²) in [4.78, 5) is 2.58. The summed E-state index contributed by atoms with van der Waals surface area (Å²) in [6.07, 6.45) is 15.4. The molecule has 0 spiro atoms. The summed E-state index contributed by atoms with van der Waals surface area (Å²) in [5.41, 5.74) is 17.7. The Balaban J connectivity index is 1.08. The quantitative estimate of drug-likeness (QED) is 0.158. The second-order valence-electron chi connectivity index (χ2n) is 19.0. The third-order valence-corrected chi connectivity index (χ3v) is 15.2. The van der Waals surface area contributed by atoms with Crippen LogP contribution in [0.5, 0.6) is 0 Å². The molecule has 0 amide bonds. The number of hydrogen-bond acceptors (Lipinski definition) is 1. The average molecular weight is 730 g/mol. The lowest BCUT2D eigenvalue weighted by molar-refractivity contribution is -0.00518. The van der Waals surface area contributed by atoms with Crippen molar-refractivity contribution in [2.45, 2.75) is 101 Å². The molecule has 12 rings (SSSR count). The van der Waals surface area contributed by atoms with E-state index < -0.39 is 0 Å². The molecule has 1 heteroatoms. The smallest absolute Gasteiger partial charge is 0.0540 e. The first-order valence-electron chi connectivity index (χ1n) is 21.9. The number of para-hydroxylation sites is 1. The average Bonchev–Trinajstić information content (AvgIpc) is 3.47. The number of anilines is 3. The second-order valence-corrected chi connectivity index (χ2v) is 19.0. The van der Waals surface area contributed by atoms with Crippen LogP contribution >= 0.6 is 0 Å².